The van der Waals surface area contributed by atoms with Crippen LogP contribution >= 0.6 is 0 Å². The topological polar surface area (TPSA) is 56.3 Å². The molecule has 27 heavy (non-hydrogen) atoms. The fraction of sp³-hybridized carbons (Fsp3) is 0.524. The van der Waals surface area contributed by atoms with Crippen molar-refractivity contribution < 1.29 is 0 Å². The first-order valence-corrected chi connectivity index (χ1v) is 9.94. The Kier molecular flexibility index (Phi) is 6.87. The van der Waals surface area contributed by atoms with E-state index in [4.69, 9.17) is 0 Å². The van der Waals surface area contributed by atoms with Gasteiger partial charge in [0.2, 0.25) is 5.95 Å². The summed E-state index contributed by atoms with van der Waals surface area (Å²) >= 11 is 0. The van der Waals surface area contributed by atoms with Gasteiger partial charge in [-0.15, -0.1) is 0 Å². The van der Waals surface area contributed by atoms with Crippen LogP contribution < -0.4 is 15.5 Å². The van der Waals surface area contributed by atoms with E-state index in [1.54, 1.807) is 6.20 Å². The third-order valence-corrected chi connectivity index (χ3v) is 5.02. The second kappa shape index (κ2) is 9.55. The van der Waals surface area contributed by atoms with E-state index in [1.165, 1.54) is 18.5 Å². The third kappa shape index (κ3) is 6.10. The van der Waals surface area contributed by atoms with E-state index in [1.807, 2.05) is 6.07 Å². The van der Waals surface area contributed by atoms with Crippen LogP contribution in [0.1, 0.15) is 26.2 Å². The van der Waals surface area contributed by atoms with Gasteiger partial charge < -0.3 is 20.4 Å². The van der Waals surface area contributed by atoms with Crippen LogP contribution in [0.3, 0.4) is 0 Å². The van der Waals surface area contributed by atoms with Gasteiger partial charge in [-0.05, 0) is 76.2 Å². The molecular weight excluding hydrogens is 336 g/mol. The summed E-state index contributed by atoms with van der Waals surface area (Å²) in [5.74, 6) is 2.32. The van der Waals surface area contributed by atoms with E-state index in [-0.39, 0.29) is 0 Å². The molecule has 0 unspecified atom stereocenters. The van der Waals surface area contributed by atoms with Crippen LogP contribution in [0.15, 0.2) is 36.5 Å². The molecule has 1 aromatic heterocycles. The molecule has 6 heteroatoms. The van der Waals surface area contributed by atoms with Crippen LogP contribution in [0.25, 0.3) is 0 Å². The number of hydrogen-bond acceptors (Lipinski definition) is 6. The van der Waals surface area contributed by atoms with Gasteiger partial charge in [0.05, 0.1) is 0 Å². The van der Waals surface area contributed by atoms with Crippen molar-refractivity contribution in [2.75, 3.05) is 55.8 Å². The highest BCUT2D eigenvalue weighted by Gasteiger charge is 2.15. The lowest BCUT2D eigenvalue weighted by Crippen LogP contribution is -2.32. The summed E-state index contributed by atoms with van der Waals surface area (Å²) < 4.78 is 0. The Morgan fingerprint density at radius 1 is 1.11 bits per heavy atom. The summed E-state index contributed by atoms with van der Waals surface area (Å²) in [6.45, 7) is 6.61. The summed E-state index contributed by atoms with van der Waals surface area (Å²) in [5.41, 5.74) is 2.30. The lowest BCUT2D eigenvalue weighted by atomic mass is 9.99. The largest absolute Gasteiger partial charge is 0.372 e. The van der Waals surface area contributed by atoms with Gasteiger partial charge in [-0.25, -0.2) is 4.98 Å². The minimum absolute atomic E-state index is 0.618. The Hall–Kier alpha value is -2.34. The van der Waals surface area contributed by atoms with Crippen LogP contribution in [-0.2, 0) is 0 Å². The summed E-state index contributed by atoms with van der Waals surface area (Å²) in [5, 5.41) is 6.66. The van der Waals surface area contributed by atoms with Crippen molar-refractivity contribution in [2.45, 2.75) is 26.2 Å². The molecular formula is C21H32N6. The Labute approximate surface area is 163 Å². The van der Waals surface area contributed by atoms with Gasteiger partial charge in [0.25, 0.3) is 0 Å². The van der Waals surface area contributed by atoms with E-state index in [2.05, 4.69) is 75.7 Å². The normalized spacial score (nSPS) is 15.2. The molecule has 6 nitrogen and oxygen atoms in total. The number of piperidine rings is 1. The second-order valence-corrected chi connectivity index (χ2v) is 7.69. The minimum atomic E-state index is 0.618. The van der Waals surface area contributed by atoms with Crippen molar-refractivity contribution >= 4 is 23.1 Å². The molecule has 3 rings (SSSR count). The Balaban J connectivity index is 1.53. The highest BCUT2D eigenvalue weighted by Crippen LogP contribution is 2.25. The van der Waals surface area contributed by atoms with Gasteiger partial charge in [0, 0.05) is 37.2 Å². The lowest BCUT2D eigenvalue weighted by molar-refractivity contribution is 0.405. The summed E-state index contributed by atoms with van der Waals surface area (Å²) in [4.78, 5) is 13.5. The molecule has 2 aromatic rings. The molecule has 1 fully saturated rings. The van der Waals surface area contributed by atoms with E-state index < -0.39 is 0 Å². The van der Waals surface area contributed by atoms with Gasteiger partial charge in [-0.2, -0.15) is 4.98 Å². The third-order valence-electron chi connectivity index (χ3n) is 5.02. The van der Waals surface area contributed by atoms with Crippen LogP contribution in [0, 0.1) is 5.92 Å². The molecule has 0 bridgehead atoms. The highest BCUT2D eigenvalue weighted by atomic mass is 15.1. The quantitative estimate of drug-likeness (QED) is 0.691. The van der Waals surface area contributed by atoms with Crippen molar-refractivity contribution in [2.24, 2.45) is 5.92 Å². The first kappa shape index (κ1) is 19.4. The number of benzene rings is 1. The molecule has 0 spiro atoms. The first-order chi connectivity index (χ1) is 13.1. The summed E-state index contributed by atoms with van der Waals surface area (Å²) in [6, 6.07) is 10.5. The number of nitrogens with one attached hydrogen (secondary N) is 2. The van der Waals surface area contributed by atoms with E-state index in [0.717, 1.165) is 50.0 Å². The van der Waals surface area contributed by atoms with Crippen molar-refractivity contribution in [3.63, 3.8) is 0 Å². The molecule has 0 atom stereocenters. The van der Waals surface area contributed by atoms with Crippen LogP contribution in [0.5, 0.6) is 0 Å². The number of nitrogens with zero attached hydrogens (tertiary/aromatic N) is 4. The van der Waals surface area contributed by atoms with Crippen molar-refractivity contribution in [1.82, 2.24) is 14.9 Å². The first-order valence-electron chi connectivity index (χ1n) is 9.94. The van der Waals surface area contributed by atoms with Crippen molar-refractivity contribution in [1.29, 1.82) is 0 Å². The molecule has 0 radical (unpaired) electrons. The van der Waals surface area contributed by atoms with Gasteiger partial charge in [-0.3, -0.25) is 0 Å². The standard InChI is InChI=1S/C21H32N6/c1-17-10-15-27(16-11-17)19-7-5-18(6-8-19)24-21-23-13-9-20(25-21)22-12-4-14-26(2)3/h5-9,13,17H,4,10-12,14-16H2,1-3H3,(H2,22,23,24,25). The number of anilines is 4. The zero-order chi connectivity index (χ0) is 19.1. The van der Waals surface area contributed by atoms with Crippen LogP contribution in [0.4, 0.5) is 23.1 Å². The molecule has 2 N–H and O–H groups in total. The molecule has 146 valence electrons. The average molecular weight is 369 g/mol. The predicted octanol–water partition coefficient (Wildman–Crippen LogP) is 3.82. The number of aromatic nitrogens is 2. The molecule has 1 aliphatic rings. The Bertz CT molecular complexity index is 692. The molecule has 0 aliphatic carbocycles. The molecule has 0 amide bonds. The number of hydrogen-bond donors (Lipinski definition) is 2. The summed E-state index contributed by atoms with van der Waals surface area (Å²) in [6.07, 6.45) is 5.42. The SMILES string of the molecule is CC1CCN(c2ccc(Nc3nccc(NCCCN(C)C)n3)cc2)CC1. The Morgan fingerprint density at radius 2 is 1.85 bits per heavy atom. The van der Waals surface area contributed by atoms with Crippen molar-refractivity contribution in [3.05, 3.63) is 36.5 Å². The molecule has 1 aromatic carbocycles. The molecule has 2 heterocycles. The monoisotopic (exact) mass is 368 g/mol. The zero-order valence-electron chi connectivity index (χ0n) is 16.8. The number of rotatable bonds is 8. The fourth-order valence-electron chi connectivity index (χ4n) is 3.28. The maximum atomic E-state index is 4.55. The maximum Gasteiger partial charge on any atom is 0.229 e. The maximum absolute atomic E-state index is 4.55. The molecule has 1 saturated heterocycles. The minimum Gasteiger partial charge on any atom is -0.372 e. The van der Waals surface area contributed by atoms with Crippen LogP contribution in [0.2, 0.25) is 0 Å². The van der Waals surface area contributed by atoms with Gasteiger partial charge >= 0.3 is 0 Å². The van der Waals surface area contributed by atoms with Crippen molar-refractivity contribution in [3.8, 4) is 0 Å². The summed E-state index contributed by atoms with van der Waals surface area (Å²) in [7, 11) is 4.17. The Morgan fingerprint density at radius 3 is 2.56 bits per heavy atom. The van der Waals surface area contributed by atoms with Gasteiger partial charge in [0.1, 0.15) is 5.82 Å². The molecule has 1 aliphatic heterocycles. The smallest absolute Gasteiger partial charge is 0.229 e. The van der Waals surface area contributed by atoms with E-state index in [9.17, 15) is 0 Å². The van der Waals surface area contributed by atoms with E-state index >= 15 is 0 Å². The van der Waals surface area contributed by atoms with Gasteiger partial charge in [-0.1, -0.05) is 6.92 Å². The average Bonchev–Trinajstić information content (AvgIpc) is 2.67. The second-order valence-electron chi connectivity index (χ2n) is 7.69. The predicted molar refractivity (Wildman–Crippen MR) is 114 cm³/mol. The van der Waals surface area contributed by atoms with E-state index in [0.29, 0.717) is 5.95 Å². The van der Waals surface area contributed by atoms with Gasteiger partial charge in [0.15, 0.2) is 0 Å². The van der Waals surface area contributed by atoms with Crippen LogP contribution in [-0.4, -0.2) is 55.1 Å². The fourth-order valence-corrected chi connectivity index (χ4v) is 3.28. The molecule has 0 saturated carbocycles. The lowest BCUT2D eigenvalue weighted by Gasteiger charge is -2.32. The highest BCUT2D eigenvalue weighted by molar-refractivity contribution is 5.60. The zero-order valence-corrected chi connectivity index (χ0v) is 16.8.